The first-order chi connectivity index (χ1) is 16.1. The first-order valence-electron chi connectivity index (χ1n) is 10.7. The number of hydrogen-bond acceptors (Lipinski definition) is 3. The van der Waals surface area contributed by atoms with Crippen molar-refractivity contribution in [1.82, 2.24) is 0 Å². The van der Waals surface area contributed by atoms with Crippen molar-refractivity contribution < 1.29 is 14.3 Å². The molecule has 0 aromatic heterocycles. The first-order valence-corrected chi connectivity index (χ1v) is 10.7. The molecule has 1 unspecified atom stereocenters. The van der Waals surface area contributed by atoms with Gasteiger partial charge in [0.2, 0.25) is 0 Å². The molecule has 4 aromatic rings. The lowest BCUT2D eigenvalue weighted by Gasteiger charge is -2.15. The Morgan fingerprint density at radius 3 is 1.76 bits per heavy atom. The highest BCUT2D eigenvalue weighted by Crippen LogP contribution is 2.23. The minimum Gasteiger partial charge on any atom is -0.481 e. The van der Waals surface area contributed by atoms with E-state index in [-0.39, 0.29) is 11.8 Å². The van der Waals surface area contributed by atoms with Gasteiger partial charge in [0, 0.05) is 16.9 Å². The average Bonchev–Trinajstić information content (AvgIpc) is 2.86. The molecule has 0 bridgehead atoms. The molecule has 0 fully saturated rings. The molecule has 33 heavy (non-hydrogen) atoms. The summed E-state index contributed by atoms with van der Waals surface area (Å²) in [7, 11) is 0. The minimum absolute atomic E-state index is 0.187. The summed E-state index contributed by atoms with van der Waals surface area (Å²) in [6.45, 7) is 1.70. The maximum Gasteiger partial charge on any atom is 0.265 e. The van der Waals surface area contributed by atoms with E-state index in [0.717, 1.165) is 11.1 Å². The van der Waals surface area contributed by atoms with Crippen LogP contribution in [0.3, 0.4) is 0 Å². The summed E-state index contributed by atoms with van der Waals surface area (Å²) < 4.78 is 5.80. The Bertz CT molecular complexity index is 1210. The first kappa shape index (κ1) is 21.8. The fourth-order valence-electron chi connectivity index (χ4n) is 3.29. The zero-order valence-electron chi connectivity index (χ0n) is 18.2. The zero-order valence-corrected chi connectivity index (χ0v) is 18.2. The highest BCUT2D eigenvalue weighted by Gasteiger charge is 2.15. The molecule has 5 heteroatoms. The fraction of sp³-hybridized carbons (Fsp3) is 0.0714. The lowest BCUT2D eigenvalue weighted by molar-refractivity contribution is -0.122. The fourth-order valence-corrected chi connectivity index (χ4v) is 3.29. The van der Waals surface area contributed by atoms with Crippen molar-refractivity contribution in [2.75, 3.05) is 10.6 Å². The number of anilines is 2. The Hall–Kier alpha value is -4.38. The molecular formula is C28H24N2O3. The molecule has 5 nitrogen and oxygen atoms in total. The van der Waals surface area contributed by atoms with Crippen LogP contribution in [0.2, 0.25) is 0 Å². The van der Waals surface area contributed by atoms with Crippen LogP contribution in [-0.2, 0) is 4.79 Å². The van der Waals surface area contributed by atoms with E-state index in [4.69, 9.17) is 4.74 Å². The van der Waals surface area contributed by atoms with Gasteiger partial charge in [0.05, 0.1) is 0 Å². The maximum atomic E-state index is 12.5. The van der Waals surface area contributed by atoms with Gasteiger partial charge >= 0.3 is 0 Å². The molecule has 0 saturated heterocycles. The van der Waals surface area contributed by atoms with Crippen LogP contribution in [0.15, 0.2) is 109 Å². The van der Waals surface area contributed by atoms with E-state index < -0.39 is 6.10 Å². The lowest BCUT2D eigenvalue weighted by Crippen LogP contribution is -2.30. The van der Waals surface area contributed by atoms with Gasteiger partial charge in [0.1, 0.15) is 5.75 Å². The minimum atomic E-state index is -0.676. The van der Waals surface area contributed by atoms with E-state index in [0.29, 0.717) is 22.7 Å². The van der Waals surface area contributed by atoms with Crippen molar-refractivity contribution in [2.45, 2.75) is 13.0 Å². The second-order valence-corrected chi connectivity index (χ2v) is 7.54. The number of carbonyl (C=O) groups is 2. The van der Waals surface area contributed by atoms with E-state index in [1.54, 1.807) is 43.3 Å². The average molecular weight is 437 g/mol. The molecular weight excluding hydrogens is 412 g/mol. The van der Waals surface area contributed by atoms with Gasteiger partial charge in [-0.3, -0.25) is 9.59 Å². The molecule has 2 amide bonds. The third-order valence-corrected chi connectivity index (χ3v) is 5.09. The van der Waals surface area contributed by atoms with Crippen LogP contribution in [0.25, 0.3) is 11.1 Å². The highest BCUT2D eigenvalue weighted by atomic mass is 16.5. The normalized spacial score (nSPS) is 11.3. The Kier molecular flexibility index (Phi) is 6.81. The van der Waals surface area contributed by atoms with Gasteiger partial charge in [-0.1, -0.05) is 60.7 Å². The van der Waals surface area contributed by atoms with Crippen molar-refractivity contribution in [3.63, 3.8) is 0 Å². The van der Waals surface area contributed by atoms with Gasteiger partial charge in [-0.25, -0.2) is 0 Å². The van der Waals surface area contributed by atoms with Crippen molar-refractivity contribution in [2.24, 2.45) is 0 Å². The van der Waals surface area contributed by atoms with Crippen LogP contribution in [0.5, 0.6) is 5.75 Å². The smallest absolute Gasteiger partial charge is 0.265 e. The van der Waals surface area contributed by atoms with E-state index in [1.165, 1.54) is 0 Å². The summed E-state index contributed by atoms with van der Waals surface area (Å²) >= 11 is 0. The number of nitrogens with one attached hydrogen (secondary N) is 2. The number of carbonyl (C=O) groups excluding carboxylic acids is 2. The predicted molar refractivity (Wildman–Crippen MR) is 131 cm³/mol. The third kappa shape index (κ3) is 5.86. The largest absolute Gasteiger partial charge is 0.481 e. The molecule has 0 aliphatic rings. The number of amides is 2. The van der Waals surface area contributed by atoms with Gasteiger partial charge in [-0.05, 0) is 66.6 Å². The van der Waals surface area contributed by atoms with Crippen LogP contribution in [0.4, 0.5) is 11.4 Å². The van der Waals surface area contributed by atoms with Gasteiger partial charge < -0.3 is 15.4 Å². The number of rotatable bonds is 7. The van der Waals surface area contributed by atoms with Crippen molar-refractivity contribution in [1.29, 1.82) is 0 Å². The summed E-state index contributed by atoms with van der Waals surface area (Å²) in [5, 5.41) is 5.67. The maximum absolute atomic E-state index is 12.5. The van der Waals surface area contributed by atoms with Gasteiger partial charge in [0.15, 0.2) is 6.10 Å². The predicted octanol–water partition coefficient (Wildman–Crippen LogP) is 6.01. The molecule has 0 aliphatic carbocycles. The van der Waals surface area contributed by atoms with Gasteiger partial charge in [-0.15, -0.1) is 0 Å². The second-order valence-electron chi connectivity index (χ2n) is 7.54. The summed E-state index contributed by atoms with van der Waals surface area (Å²) in [6, 6.07) is 33.7. The Labute approximate surface area is 193 Å². The molecule has 0 aliphatic heterocycles. The van der Waals surface area contributed by atoms with Crippen molar-refractivity contribution in [3.8, 4) is 16.9 Å². The molecule has 0 heterocycles. The Morgan fingerprint density at radius 2 is 1.15 bits per heavy atom. The summed E-state index contributed by atoms with van der Waals surface area (Å²) in [4.78, 5) is 24.8. The van der Waals surface area contributed by atoms with Crippen LogP contribution < -0.4 is 15.4 Å². The van der Waals surface area contributed by atoms with E-state index >= 15 is 0 Å². The number of ether oxygens (including phenoxy) is 1. The van der Waals surface area contributed by atoms with Crippen molar-refractivity contribution in [3.05, 3.63) is 115 Å². The highest BCUT2D eigenvalue weighted by molar-refractivity contribution is 6.04. The van der Waals surface area contributed by atoms with Gasteiger partial charge in [0.25, 0.3) is 11.8 Å². The molecule has 1 atom stereocenters. The monoisotopic (exact) mass is 436 g/mol. The quantitative estimate of drug-likeness (QED) is 0.373. The lowest BCUT2D eigenvalue weighted by atomic mass is 10.1. The van der Waals surface area contributed by atoms with Crippen molar-refractivity contribution >= 4 is 23.2 Å². The van der Waals surface area contributed by atoms with Gasteiger partial charge in [-0.2, -0.15) is 0 Å². The Morgan fingerprint density at radius 1 is 0.636 bits per heavy atom. The Balaban J connectivity index is 1.31. The van der Waals surface area contributed by atoms with Crippen LogP contribution in [0.1, 0.15) is 17.3 Å². The van der Waals surface area contributed by atoms with E-state index in [9.17, 15) is 9.59 Å². The summed E-state index contributed by atoms with van der Waals surface area (Å²) in [5.41, 5.74) is 4.05. The molecule has 4 aromatic carbocycles. The third-order valence-electron chi connectivity index (χ3n) is 5.09. The molecule has 164 valence electrons. The van der Waals surface area contributed by atoms with Crippen LogP contribution in [-0.4, -0.2) is 17.9 Å². The molecule has 4 rings (SSSR count). The second kappa shape index (κ2) is 10.3. The van der Waals surface area contributed by atoms with E-state index in [1.807, 2.05) is 72.8 Å². The van der Waals surface area contributed by atoms with Crippen LogP contribution in [0, 0.1) is 0 Å². The topological polar surface area (TPSA) is 67.4 Å². The standard InChI is InChI=1S/C28H24N2O3/c1-20(33-26-18-12-22(13-19-26)21-8-4-2-5-9-21)27(31)29-24-14-16-25(17-15-24)30-28(32)23-10-6-3-7-11-23/h2-20H,1H3,(H,29,31)(H,30,32). The number of hydrogen-bond donors (Lipinski definition) is 2. The zero-order chi connectivity index (χ0) is 23.0. The molecule has 0 radical (unpaired) electrons. The molecule has 2 N–H and O–H groups in total. The van der Waals surface area contributed by atoms with E-state index in [2.05, 4.69) is 10.6 Å². The summed E-state index contributed by atoms with van der Waals surface area (Å²) in [5.74, 6) is 0.173. The number of benzene rings is 4. The molecule has 0 saturated carbocycles. The molecule has 0 spiro atoms. The summed E-state index contributed by atoms with van der Waals surface area (Å²) in [6.07, 6.45) is -0.676. The SMILES string of the molecule is CC(Oc1ccc(-c2ccccc2)cc1)C(=O)Nc1ccc(NC(=O)c2ccccc2)cc1. The van der Waals surface area contributed by atoms with Crippen LogP contribution >= 0.6 is 0 Å².